The number of hydrogen-bond donors (Lipinski definition) is 1. The van der Waals surface area contributed by atoms with Crippen molar-refractivity contribution in [3.05, 3.63) is 54.1 Å². The maximum atomic E-state index is 12.3. The molecule has 1 fully saturated rings. The van der Waals surface area contributed by atoms with Crippen LogP contribution in [0.2, 0.25) is 0 Å². The summed E-state index contributed by atoms with van der Waals surface area (Å²) in [7, 11) is 1.68. The molecule has 0 spiro atoms. The minimum atomic E-state index is -0.206. The van der Waals surface area contributed by atoms with Gasteiger partial charge >= 0.3 is 0 Å². The monoisotopic (exact) mass is 326 g/mol. The molecule has 6 heteroatoms. The normalized spacial score (nSPS) is 15.9. The van der Waals surface area contributed by atoms with E-state index in [1.807, 2.05) is 18.2 Å². The molecule has 1 saturated heterocycles. The van der Waals surface area contributed by atoms with Gasteiger partial charge in [0.1, 0.15) is 11.4 Å². The van der Waals surface area contributed by atoms with Gasteiger partial charge in [-0.2, -0.15) is 0 Å². The van der Waals surface area contributed by atoms with Crippen molar-refractivity contribution in [2.24, 2.45) is 0 Å². The van der Waals surface area contributed by atoms with Gasteiger partial charge in [0, 0.05) is 24.5 Å². The third-order valence-electron chi connectivity index (χ3n) is 4.33. The molecule has 1 aromatic carbocycles. The summed E-state index contributed by atoms with van der Waals surface area (Å²) in [6.45, 7) is 2.57. The standard InChI is InChI=1S/C18H22N4O2/c1-24-17-7-3-2-6-14(17)16(22-10-4-5-11-22)13-21-18(23)15-12-19-8-9-20-15/h2-3,6-9,12,16H,4-5,10-11,13H2,1H3,(H,21,23). The van der Waals surface area contributed by atoms with E-state index in [9.17, 15) is 4.79 Å². The van der Waals surface area contributed by atoms with E-state index in [2.05, 4.69) is 26.3 Å². The average molecular weight is 326 g/mol. The Morgan fingerprint density at radius 2 is 2.08 bits per heavy atom. The first kappa shape index (κ1) is 16.4. The summed E-state index contributed by atoms with van der Waals surface area (Å²) < 4.78 is 5.52. The fraction of sp³-hybridized carbons (Fsp3) is 0.389. The van der Waals surface area contributed by atoms with Crippen LogP contribution in [0.25, 0.3) is 0 Å². The van der Waals surface area contributed by atoms with Gasteiger partial charge in [0.2, 0.25) is 0 Å². The maximum Gasteiger partial charge on any atom is 0.271 e. The van der Waals surface area contributed by atoms with Crippen molar-refractivity contribution in [1.82, 2.24) is 20.2 Å². The number of nitrogens with one attached hydrogen (secondary N) is 1. The number of methoxy groups -OCH3 is 1. The molecule has 1 unspecified atom stereocenters. The van der Waals surface area contributed by atoms with Crippen LogP contribution in [0, 0.1) is 0 Å². The summed E-state index contributed by atoms with van der Waals surface area (Å²) in [6.07, 6.45) is 6.92. The summed E-state index contributed by atoms with van der Waals surface area (Å²) in [6, 6.07) is 8.08. The minimum Gasteiger partial charge on any atom is -0.496 e. The van der Waals surface area contributed by atoms with Crippen LogP contribution in [0.5, 0.6) is 5.75 Å². The molecule has 0 aliphatic carbocycles. The molecule has 1 N–H and O–H groups in total. The average Bonchev–Trinajstić information content (AvgIpc) is 3.17. The number of carbonyl (C=O) groups excluding carboxylic acids is 1. The second-order valence-corrected chi connectivity index (χ2v) is 5.80. The first-order chi connectivity index (χ1) is 11.8. The molecule has 0 radical (unpaired) electrons. The molecular weight excluding hydrogens is 304 g/mol. The van der Waals surface area contributed by atoms with E-state index in [1.165, 1.54) is 25.2 Å². The molecule has 2 aromatic rings. The molecule has 1 atom stereocenters. The van der Waals surface area contributed by atoms with E-state index in [4.69, 9.17) is 4.74 Å². The first-order valence-electron chi connectivity index (χ1n) is 8.21. The summed E-state index contributed by atoms with van der Waals surface area (Å²) in [5.41, 5.74) is 1.43. The highest BCUT2D eigenvalue weighted by molar-refractivity contribution is 5.91. The Bertz CT molecular complexity index is 672. The number of nitrogens with zero attached hydrogens (tertiary/aromatic N) is 3. The highest BCUT2D eigenvalue weighted by Crippen LogP contribution is 2.31. The zero-order valence-electron chi connectivity index (χ0n) is 13.8. The Balaban J connectivity index is 1.77. The van der Waals surface area contributed by atoms with Crippen molar-refractivity contribution in [1.29, 1.82) is 0 Å². The van der Waals surface area contributed by atoms with Crippen molar-refractivity contribution in [2.75, 3.05) is 26.7 Å². The van der Waals surface area contributed by atoms with Gasteiger partial charge in [0.25, 0.3) is 5.91 Å². The lowest BCUT2D eigenvalue weighted by molar-refractivity contribution is 0.0932. The minimum absolute atomic E-state index is 0.0873. The Morgan fingerprint density at radius 3 is 2.79 bits per heavy atom. The van der Waals surface area contributed by atoms with Gasteiger partial charge in [0.15, 0.2) is 0 Å². The van der Waals surface area contributed by atoms with E-state index in [0.29, 0.717) is 12.2 Å². The summed E-state index contributed by atoms with van der Waals surface area (Å²) in [5, 5.41) is 2.99. The molecule has 1 aliphatic rings. The number of hydrogen-bond acceptors (Lipinski definition) is 5. The van der Waals surface area contributed by atoms with Gasteiger partial charge in [0.05, 0.1) is 19.3 Å². The Morgan fingerprint density at radius 1 is 1.29 bits per heavy atom. The molecule has 6 nitrogen and oxygen atoms in total. The number of aromatic nitrogens is 2. The highest BCUT2D eigenvalue weighted by atomic mass is 16.5. The van der Waals surface area contributed by atoms with Gasteiger partial charge in [-0.25, -0.2) is 4.98 Å². The number of ether oxygens (including phenoxy) is 1. The largest absolute Gasteiger partial charge is 0.496 e. The van der Waals surface area contributed by atoms with Crippen LogP contribution >= 0.6 is 0 Å². The molecule has 126 valence electrons. The molecule has 1 aromatic heterocycles. The lowest BCUT2D eigenvalue weighted by atomic mass is 10.0. The fourth-order valence-electron chi connectivity index (χ4n) is 3.13. The van der Waals surface area contributed by atoms with Gasteiger partial charge in [-0.05, 0) is 32.0 Å². The van der Waals surface area contributed by atoms with E-state index in [1.54, 1.807) is 13.3 Å². The number of carbonyl (C=O) groups is 1. The van der Waals surface area contributed by atoms with Crippen LogP contribution in [0.4, 0.5) is 0 Å². The van der Waals surface area contributed by atoms with Gasteiger partial charge < -0.3 is 10.1 Å². The topological polar surface area (TPSA) is 67.3 Å². The summed E-state index contributed by atoms with van der Waals surface area (Å²) in [4.78, 5) is 22.7. The second kappa shape index (κ2) is 7.88. The fourth-order valence-corrected chi connectivity index (χ4v) is 3.13. The predicted octanol–water partition coefficient (Wildman–Crippen LogP) is 2.05. The zero-order valence-corrected chi connectivity index (χ0v) is 13.8. The molecule has 3 rings (SSSR count). The van der Waals surface area contributed by atoms with Crippen molar-refractivity contribution in [3.63, 3.8) is 0 Å². The third kappa shape index (κ3) is 3.71. The lowest BCUT2D eigenvalue weighted by Gasteiger charge is -2.29. The number of likely N-dealkylation sites (tertiary alicyclic amines) is 1. The van der Waals surface area contributed by atoms with E-state index in [0.717, 1.165) is 24.4 Å². The zero-order chi connectivity index (χ0) is 16.8. The quantitative estimate of drug-likeness (QED) is 0.880. The van der Waals surface area contributed by atoms with E-state index in [-0.39, 0.29) is 11.9 Å². The summed E-state index contributed by atoms with van der Waals surface area (Å²) >= 11 is 0. The van der Waals surface area contributed by atoms with Crippen molar-refractivity contribution >= 4 is 5.91 Å². The van der Waals surface area contributed by atoms with Crippen LogP contribution < -0.4 is 10.1 Å². The Hall–Kier alpha value is -2.47. The summed E-state index contributed by atoms with van der Waals surface area (Å²) in [5.74, 6) is 0.644. The van der Waals surface area contributed by atoms with Gasteiger partial charge in [-0.1, -0.05) is 18.2 Å². The number of rotatable bonds is 6. The third-order valence-corrected chi connectivity index (χ3v) is 4.33. The van der Waals surface area contributed by atoms with E-state index < -0.39 is 0 Å². The van der Waals surface area contributed by atoms with Crippen molar-refractivity contribution in [3.8, 4) is 5.75 Å². The maximum absolute atomic E-state index is 12.3. The van der Waals surface area contributed by atoms with Crippen LogP contribution in [0.1, 0.15) is 34.9 Å². The number of para-hydroxylation sites is 1. The second-order valence-electron chi connectivity index (χ2n) is 5.80. The van der Waals surface area contributed by atoms with Crippen LogP contribution in [-0.4, -0.2) is 47.5 Å². The number of benzene rings is 1. The molecule has 24 heavy (non-hydrogen) atoms. The molecule has 1 aliphatic heterocycles. The van der Waals surface area contributed by atoms with Crippen molar-refractivity contribution in [2.45, 2.75) is 18.9 Å². The van der Waals surface area contributed by atoms with Gasteiger partial charge in [-0.15, -0.1) is 0 Å². The lowest BCUT2D eigenvalue weighted by Crippen LogP contribution is -2.37. The van der Waals surface area contributed by atoms with Crippen LogP contribution in [0.3, 0.4) is 0 Å². The predicted molar refractivity (Wildman–Crippen MR) is 90.9 cm³/mol. The Labute approximate surface area is 141 Å². The van der Waals surface area contributed by atoms with Gasteiger partial charge in [-0.3, -0.25) is 14.7 Å². The number of amides is 1. The Kier molecular flexibility index (Phi) is 5.38. The molecule has 2 heterocycles. The highest BCUT2D eigenvalue weighted by Gasteiger charge is 2.26. The van der Waals surface area contributed by atoms with Crippen LogP contribution in [-0.2, 0) is 0 Å². The molecule has 0 bridgehead atoms. The molecular formula is C18H22N4O2. The molecule has 0 saturated carbocycles. The smallest absolute Gasteiger partial charge is 0.271 e. The van der Waals surface area contributed by atoms with Crippen LogP contribution in [0.15, 0.2) is 42.9 Å². The van der Waals surface area contributed by atoms with Crippen molar-refractivity contribution < 1.29 is 9.53 Å². The first-order valence-corrected chi connectivity index (χ1v) is 8.21. The molecule has 1 amide bonds. The SMILES string of the molecule is COc1ccccc1C(CNC(=O)c1cnccn1)N1CCCC1. The van der Waals surface area contributed by atoms with E-state index >= 15 is 0 Å².